The highest BCUT2D eigenvalue weighted by Crippen LogP contribution is 2.49. The van der Waals surface area contributed by atoms with Crippen LogP contribution in [0.25, 0.3) is 11.1 Å². The Bertz CT molecular complexity index is 1910. The summed E-state index contributed by atoms with van der Waals surface area (Å²) in [6.45, 7) is 9.58. The van der Waals surface area contributed by atoms with Gasteiger partial charge in [0.05, 0.1) is 30.8 Å². The first-order valence-electron chi connectivity index (χ1n) is 27.2. The second-order valence-corrected chi connectivity index (χ2v) is 23.3. The van der Waals surface area contributed by atoms with Gasteiger partial charge in [0.1, 0.15) is 5.71 Å². The van der Waals surface area contributed by atoms with Crippen LogP contribution in [0.15, 0.2) is 39.2 Å². The van der Waals surface area contributed by atoms with E-state index in [1.807, 2.05) is 0 Å². The Balaban J connectivity index is 2.02. The number of hydrogen-bond donors (Lipinski definition) is 1. The molecule has 3 rings (SSSR count). The molecule has 0 amide bonds. The quantitative estimate of drug-likeness (QED) is 0.0249. The van der Waals surface area contributed by atoms with Gasteiger partial charge in [0, 0.05) is 49.4 Å². The lowest BCUT2D eigenvalue weighted by molar-refractivity contribution is -0.386. The maximum absolute atomic E-state index is 14.7. The van der Waals surface area contributed by atoms with E-state index in [-0.39, 0.29) is 54.1 Å². The number of hydrogen-bond acceptors (Lipinski definition) is 10. The summed E-state index contributed by atoms with van der Waals surface area (Å²) in [4.78, 5) is 23.5. The molecule has 0 saturated heterocycles. The number of oxime groups is 1. The number of unbranched alkanes of at least 4 members (excludes halogenated alkanes) is 28. The number of sulfonamides is 2. The van der Waals surface area contributed by atoms with Gasteiger partial charge in [-0.15, -0.1) is 0 Å². The molecule has 0 unspecified atom stereocenters. The van der Waals surface area contributed by atoms with Gasteiger partial charge in [-0.2, -0.15) is 8.61 Å². The molecule has 0 bridgehead atoms. The van der Waals surface area contributed by atoms with E-state index in [0.29, 0.717) is 25.7 Å². The molecule has 392 valence electrons. The van der Waals surface area contributed by atoms with Gasteiger partial charge in [0.2, 0.25) is 20.0 Å². The summed E-state index contributed by atoms with van der Waals surface area (Å²) in [6, 6.07) is 4.26. The summed E-state index contributed by atoms with van der Waals surface area (Å²) in [7, 11) is -8.72. The lowest BCUT2D eigenvalue weighted by atomic mass is 10.0. The molecule has 1 N–H and O–H groups in total. The Morgan fingerprint density at radius 1 is 0.420 bits per heavy atom. The molecule has 0 fully saturated rings. The van der Waals surface area contributed by atoms with Crippen molar-refractivity contribution < 1.29 is 31.9 Å². The SMILES string of the molecule is CCCCCCCCCCN(CCCCCCCCCC)S(=O)(=O)c1cc2c(c([N+](=O)[O-])c1)-c1c(cc(S(=O)(=O)N(CCCCCCCCCC)CCCCCCCCCC)cc1[N+](=O)[O-])C2=NO. The maximum Gasteiger partial charge on any atom is 0.279 e. The lowest BCUT2D eigenvalue weighted by Crippen LogP contribution is -2.33. The van der Waals surface area contributed by atoms with E-state index in [9.17, 15) is 42.3 Å². The minimum atomic E-state index is -4.36. The van der Waals surface area contributed by atoms with E-state index >= 15 is 0 Å². The minimum Gasteiger partial charge on any atom is -0.410 e. The molecule has 16 heteroatoms. The van der Waals surface area contributed by atoms with E-state index in [1.54, 1.807) is 0 Å². The van der Waals surface area contributed by atoms with E-state index in [0.717, 1.165) is 141 Å². The third-order valence-corrected chi connectivity index (χ3v) is 17.5. The van der Waals surface area contributed by atoms with Crippen LogP contribution in [0.1, 0.15) is 244 Å². The van der Waals surface area contributed by atoms with E-state index in [2.05, 4.69) is 32.9 Å². The second kappa shape index (κ2) is 33.2. The molecule has 0 aliphatic heterocycles. The van der Waals surface area contributed by atoms with Crippen molar-refractivity contribution in [3.63, 3.8) is 0 Å². The van der Waals surface area contributed by atoms with Crippen LogP contribution < -0.4 is 0 Å². The van der Waals surface area contributed by atoms with Crippen LogP contribution >= 0.6 is 0 Å². The van der Waals surface area contributed by atoms with Gasteiger partial charge in [-0.05, 0) is 37.8 Å². The van der Waals surface area contributed by atoms with Crippen LogP contribution in [-0.4, -0.2) is 72.4 Å². The predicted molar refractivity (Wildman–Crippen MR) is 281 cm³/mol. The maximum atomic E-state index is 14.7. The molecule has 0 saturated carbocycles. The van der Waals surface area contributed by atoms with Gasteiger partial charge in [-0.3, -0.25) is 20.2 Å². The van der Waals surface area contributed by atoms with E-state index in [4.69, 9.17) is 0 Å². The third kappa shape index (κ3) is 19.2. The molecule has 0 atom stereocenters. The Hall–Kier alpha value is -3.47. The number of nitrogens with zero attached hydrogens (tertiary/aromatic N) is 5. The fourth-order valence-corrected chi connectivity index (χ4v) is 12.8. The van der Waals surface area contributed by atoms with Gasteiger partial charge in [-0.1, -0.05) is 213 Å². The van der Waals surface area contributed by atoms with Crippen LogP contribution in [-0.2, 0) is 20.0 Å². The first kappa shape index (κ1) is 59.8. The van der Waals surface area contributed by atoms with Crippen molar-refractivity contribution >= 4 is 37.1 Å². The Morgan fingerprint density at radius 2 is 0.652 bits per heavy atom. The molecule has 14 nitrogen and oxygen atoms in total. The number of rotatable bonds is 42. The number of nitro groups is 2. The number of benzene rings is 2. The zero-order valence-corrected chi connectivity index (χ0v) is 44.7. The zero-order chi connectivity index (χ0) is 50.5. The van der Waals surface area contributed by atoms with E-state index in [1.165, 1.54) is 72.1 Å². The summed E-state index contributed by atoms with van der Waals surface area (Å²) < 4.78 is 61.5. The number of fused-ring (bicyclic) bond motifs is 3. The average molecular weight is 1000 g/mol. The summed E-state index contributed by atoms with van der Waals surface area (Å²) in [6.07, 6.45) is 32.6. The molecule has 0 radical (unpaired) electrons. The van der Waals surface area contributed by atoms with Crippen LogP contribution in [0.5, 0.6) is 0 Å². The van der Waals surface area contributed by atoms with Crippen molar-refractivity contribution in [2.45, 2.75) is 243 Å². The van der Waals surface area contributed by atoms with Gasteiger partial charge >= 0.3 is 0 Å². The molecule has 2 aromatic carbocycles. The highest BCUT2D eigenvalue weighted by Gasteiger charge is 2.42. The van der Waals surface area contributed by atoms with Crippen LogP contribution in [0.4, 0.5) is 11.4 Å². The van der Waals surface area contributed by atoms with Crippen molar-refractivity contribution in [3.05, 3.63) is 55.6 Å². The Kier molecular flexibility index (Phi) is 28.8. The molecule has 0 heterocycles. The standard InChI is InChI=1S/C53H89N5O9S2/c1-5-9-13-17-21-25-29-33-37-55(38-34-30-26-22-18-14-10-6-2)68(64,65)45-41-47-51(49(43-45)57(60)61)52-48(53(47)54-59)42-46(44-50(52)58(62)63)69(66,67)56(39-35-31-27-23-19-15-11-7-3)40-36-32-28-24-20-16-12-8-4/h41-44,59H,5-40H2,1-4H3. The third-order valence-electron chi connectivity index (χ3n) is 13.8. The normalized spacial score (nSPS) is 12.6. The van der Waals surface area contributed by atoms with Crippen molar-refractivity contribution in [1.29, 1.82) is 0 Å². The zero-order valence-electron chi connectivity index (χ0n) is 43.0. The summed E-state index contributed by atoms with van der Waals surface area (Å²) in [5.74, 6) is 0. The monoisotopic (exact) mass is 1000 g/mol. The predicted octanol–water partition coefficient (Wildman–Crippen LogP) is 15.3. The Morgan fingerprint density at radius 3 is 0.870 bits per heavy atom. The van der Waals surface area contributed by atoms with Crippen LogP contribution in [0.2, 0.25) is 0 Å². The van der Waals surface area contributed by atoms with Crippen molar-refractivity contribution in [3.8, 4) is 11.1 Å². The van der Waals surface area contributed by atoms with Gasteiger partial charge < -0.3 is 5.21 Å². The fraction of sp³-hybridized carbons (Fsp3) is 0.755. The molecule has 1 aliphatic carbocycles. The highest BCUT2D eigenvalue weighted by atomic mass is 32.2. The molecule has 0 aromatic heterocycles. The first-order chi connectivity index (χ1) is 33.3. The van der Waals surface area contributed by atoms with Crippen LogP contribution in [0.3, 0.4) is 0 Å². The molecular formula is C53H89N5O9S2. The summed E-state index contributed by atoms with van der Waals surface area (Å²) in [5, 5.41) is 39.9. The van der Waals surface area contributed by atoms with Crippen LogP contribution in [0, 0.1) is 20.2 Å². The fourth-order valence-electron chi connectivity index (χ4n) is 9.63. The molecule has 2 aromatic rings. The second-order valence-electron chi connectivity index (χ2n) is 19.4. The average Bonchev–Trinajstić information content (AvgIpc) is 3.65. The van der Waals surface area contributed by atoms with Crippen molar-refractivity contribution in [1.82, 2.24) is 8.61 Å². The molecular weight excluding hydrogens is 915 g/mol. The summed E-state index contributed by atoms with van der Waals surface area (Å²) in [5.41, 5.74) is -2.74. The Labute approximate surface area is 416 Å². The van der Waals surface area contributed by atoms with Gasteiger partial charge in [-0.25, -0.2) is 16.8 Å². The highest BCUT2D eigenvalue weighted by molar-refractivity contribution is 7.89. The number of nitro benzene ring substituents is 2. The minimum absolute atomic E-state index is 0.188. The first-order valence-corrected chi connectivity index (χ1v) is 30.1. The van der Waals surface area contributed by atoms with Gasteiger partial charge in [0.25, 0.3) is 11.4 Å². The van der Waals surface area contributed by atoms with Gasteiger partial charge in [0.15, 0.2) is 0 Å². The molecule has 69 heavy (non-hydrogen) atoms. The lowest BCUT2D eigenvalue weighted by Gasteiger charge is -2.23. The van der Waals surface area contributed by atoms with E-state index < -0.39 is 51.1 Å². The molecule has 0 spiro atoms. The van der Waals surface area contributed by atoms with Crippen molar-refractivity contribution in [2.24, 2.45) is 5.16 Å². The smallest absolute Gasteiger partial charge is 0.279 e. The summed E-state index contributed by atoms with van der Waals surface area (Å²) >= 11 is 0. The van der Waals surface area contributed by atoms with Crippen molar-refractivity contribution in [2.75, 3.05) is 26.2 Å². The topological polar surface area (TPSA) is 194 Å². The molecule has 1 aliphatic rings. The largest absolute Gasteiger partial charge is 0.410 e.